The largest absolute Gasteiger partial charge is 0.369 e. The number of amides is 1. The number of carbonyl (C=O) groups excluding carboxylic acids is 1. The first-order valence-corrected chi connectivity index (χ1v) is 11.6. The normalized spacial score (nSPS) is 19.8. The molecule has 0 bridgehead atoms. The van der Waals surface area contributed by atoms with Gasteiger partial charge in [-0.2, -0.15) is 4.31 Å². The minimum atomic E-state index is -3.55. The molecule has 1 aromatic rings. The number of anilines is 1. The van der Waals surface area contributed by atoms with Crippen molar-refractivity contribution in [1.29, 1.82) is 0 Å². The third-order valence-electron chi connectivity index (χ3n) is 5.62. The molecule has 6 nitrogen and oxygen atoms in total. The second kappa shape index (κ2) is 9.06. The van der Waals surface area contributed by atoms with Crippen molar-refractivity contribution in [1.82, 2.24) is 9.62 Å². The van der Waals surface area contributed by atoms with Gasteiger partial charge in [-0.1, -0.05) is 31.4 Å². The van der Waals surface area contributed by atoms with Crippen molar-refractivity contribution < 1.29 is 13.2 Å². The van der Waals surface area contributed by atoms with Crippen molar-refractivity contribution in [3.63, 3.8) is 0 Å². The smallest absolute Gasteiger partial charge is 0.236 e. The van der Waals surface area contributed by atoms with E-state index in [9.17, 15) is 13.2 Å². The summed E-state index contributed by atoms with van der Waals surface area (Å²) in [5.74, 6) is -0.311. The van der Waals surface area contributed by atoms with Crippen LogP contribution in [0.15, 0.2) is 24.3 Å². The van der Waals surface area contributed by atoms with E-state index in [0.29, 0.717) is 38.6 Å². The molecule has 0 spiro atoms. The van der Waals surface area contributed by atoms with Crippen LogP contribution >= 0.6 is 0 Å². The number of hydrogen-bond acceptors (Lipinski definition) is 4. The van der Waals surface area contributed by atoms with E-state index in [2.05, 4.69) is 35.3 Å². The zero-order valence-corrected chi connectivity index (χ0v) is 17.0. The van der Waals surface area contributed by atoms with Crippen LogP contribution in [-0.2, 0) is 14.8 Å². The predicted octanol–water partition coefficient (Wildman–Crippen LogP) is 2.14. The zero-order valence-electron chi connectivity index (χ0n) is 16.2. The maximum Gasteiger partial charge on any atom is 0.236 e. The number of benzene rings is 1. The van der Waals surface area contributed by atoms with Gasteiger partial charge in [-0.15, -0.1) is 0 Å². The second-order valence-electron chi connectivity index (χ2n) is 7.79. The van der Waals surface area contributed by atoms with Crippen LogP contribution < -0.4 is 10.2 Å². The number of sulfonamides is 1. The Kier molecular flexibility index (Phi) is 6.76. The van der Waals surface area contributed by atoms with Crippen LogP contribution in [0.1, 0.15) is 37.7 Å². The van der Waals surface area contributed by atoms with Crippen molar-refractivity contribution in [3.8, 4) is 0 Å². The van der Waals surface area contributed by atoms with Crippen molar-refractivity contribution in [2.45, 2.75) is 39.0 Å². The van der Waals surface area contributed by atoms with E-state index >= 15 is 0 Å². The third kappa shape index (κ3) is 5.69. The van der Waals surface area contributed by atoms with Gasteiger partial charge in [-0.05, 0) is 43.4 Å². The molecule has 1 aromatic carbocycles. The maximum atomic E-state index is 12.6. The summed E-state index contributed by atoms with van der Waals surface area (Å²) in [6.45, 7) is 4.79. The Morgan fingerprint density at radius 1 is 1.11 bits per heavy atom. The van der Waals surface area contributed by atoms with Gasteiger partial charge in [-0.3, -0.25) is 4.79 Å². The molecule has 1 aliphatic carbocycles. The third-order valence-corrected chi connectivity index (χ3v) is 7.40. The maximum absolute atomic E-state index is 12.6. The van der Waals surface area contributed by atoms with Crippen LogP contribution in [-0.4, -0.2) is 57.1 Å². The molecule has 0 unspecified atom stereocenters. The second-order valence-corrected chi connectivity index (χ2v) is 9.76. The fourth-order valence-corrected chi connectivity index (χ4v) is 5.34. The summed E-state index contributed by atoms with van der Waals surface area (Å²) in [5.41, 5.74) is 2.31. The van der Waals surface area contributed by atoms with Gasteiger partial charge in [0.25, 0.3) is 0 Å². The van der Waals surface area contributed by atoms with Crippen LogP contribution in [0.25, 0.3) is 0 Å². The molecule has 0 radical (unpaired) electrons. The number of piperazine rings is 1. The molecule has 0 atom stereocenters. The Balaban J connectivity index is 1.46. The Morgan fingerprint density at radius 2 is 1.81 bits per heavy atom. The highest BCUT2D eigenvalue weighted by Crippen LogP contribution is 2.23. The van der Waals surface area contributed by atoms with E-state index in [0.717, 1.165) is 18.5 Å². The van der Waals surface area contributed by atoms with Crippen molar-refractivity contribution in [2.24, 2.45) is 5.92 Å². The Bertz CT molecular complexity index is 737. The number of nitrogens with one attached hydrogen (secondary N) is 1. The lowest BCUT2D eigenvalue weighted by Gasteiger charge is -2.35. The van der Waals surface area contributed by atoms with Gasteiger partial charge in [0.15, 0.2) is 0 Å². The molecule has 2 aliphatic rings. The van der Waals surface area contributed by atoms with E-state index in [-0.39, 0.29) is 5.91 Å². The predicted molar refractivity (Wildman–Crippen MR) is 108 cm³/mol. The Hall–Kier alpha value is -1.60. The average molecular weight is 394 g/mol. The molecule has 27 heavy (non-hydrogen) atoms. The van der Waals surface area contributed by atoms with Crippen molar-refractivity contribution >= 4 is 21.6 Å². The highest BCUT2D eigenvalue weighted by Gasteiger charge is 2.29. The molecule has 7 heteroatoms. The molecule has 1 N–H and O–H groups in total. The minimum absolute atomic E-state index is 0.373. The first kappa shape index (κ1) is 20.1. The van der Waals surface area contributed by atoms with E-state index in [1.165, 1.54) is 29.1 Å². The van der Waals surface area contributed by atoms with Crippen molar-refractivity contribution in [2.75, 3.05) is 43.4 Å². The first-order valence-electron chi connectivity index (χ1n) is 10.0. The lowest BCUT2D eigenvalue weighted by Crippen LogP contribution is -2.50. The molecule has 1 amide bonds. The lowest BCUT2D eigenvalue weighted by atomic mass is 9.89. The molecule has 2 fully saturated rings. The van der Waals surface area contributed by atoms with Crippen LogP contribution in [0.3, 0.4) is 0 Å². The molecule has 1 aliphatic heterocycles. The fraction of sp³-hybridized carbons (Fsp3) is 0.650. The van der Waals surface area contributed by atoms with Gasteiger partial charge in [0.05, 0.1) is 0 Å². The zero-order chi connectivity index (χ0) is 19.3. The van der Waals surface area contributed by atoms with Crippen LogP contribution in [0.2, 0.25) is 0 Å². The Labute approximate surface area is 163 Å². The highest BCUT2D eigenvalue weighted by molar-refractivity contribution is 7.89. The van der Waals surface area contributed by atoms with E-state index in [1.807, 2.05) is 6.07 Å². The highest BCUT2D eigenvalue weighted by atomic mass is 32.2. The number of hydrogen-bond donors (Lipinski definition) is 1. The van der Waals surface area contributed by atoms with Crippen LogP contribution in [0, 0.1) is 12.8 Å². The molecule has 1 saturated heterocycles. The van der Waals surface area contributed by atoms with Crippen molar-refractivity contribution in [3.05, 3.63) is 29.8 Å². The number of aryl methyl sites for hydroxylation is 1. The lowest BCUT2D eigenvalue weighted by molar-refractivity contribution is -0.118. The first-order chi connectivity index (χ1) is 12.9. The van der Waals surface area contributed by atoms with Gasteiger partial charge >= 0.3 is 0 Å². The van der Waals surface area contributed by atoms with E-state index < -0.39 is 15.8 Å². The summed E-state index contributed by atoms with van der Waals surface area (Å²) in [5, 5.41) is 2.83. The molecular formula is C20H31N3O3S. The minimum Gasteiger partial charge on any atom is -0.369 e. The SMILES string of the molecule is Cc1cccc(N2CCN(S(=O)(=O)CC(=O)NCC3CCCCC3)CC2)c1. The molecular weight excluding hydrogens is 362 g/mol. The number of nitrogens with zero attached hydrogens (tertiary/aromatic N) is 2. The van der Waals surface area contributed by atoms with Gasteiger partial charge in [0.1, 0.15) is 5.75 Å². The summed E-state index contributed by atoms with van der Waals surface area (Å²) < 4.78 is 26.6. The van der Waals surface area contributed by atoms with Gasteiger partial charge in [-0.25, -0.2) is 8.42 Å². The Morgan fingerprint density at radius 3 is 2.48 bits per heavy atom. The monoisotopic (exact) mass is 393 g/mol. The standard InChI is InChI=1S/C20H31N3O3S/c1-17-6-5-9-19(14-17)22-10-12-23(13-11-22)27(25,26)16-20(24)21-15-18-7-3-2-4-8-18/h5-6,9,14,18H,2-4,7-8,10-13,15-16H2,1H3,(H,21,24). The average Bonchev–Trinajstić information content (AvgIpc) is 2.67. The summed E-state index contributed by atoms with van der Waals surface area (Å²) >= 11 is 0. The van der Waals surface area contributed by atoms with Crippen LogP contribution in [0.4, 0.5) is 5.69 Å². The summed E-state index contributed by atoms with van der Waals surface area (Å²) in [6, 6.07) is 8.24. The van der Waals surface area contributed by atoms with Gasteiger partial charge in [0, 0.05) is 38.4 Å². The molecule has 0 aromatic heterocycles. The topological polar surface area (TPSA) is 69.7 Å². The van der Waals surface area contributed by atoms with E-state index in [1.54, 1.807) is 0 Å². The summed E-state index contributed by atoms with van der Waals surface area (Å²) in [7, 11) is -3.55. The molecule has 150 valence electrons. The summed E-state index contributed by atoms with van der Waals surface area (Å²) in [6.07, 6.45) is 5.96. The fourth-order valence-electron chi connectivity index (χ4n) is 4.01. The molecule has 1 heterocycles. The molecule has 1 saturated carbocycles. The molecule has 3 rings (SSSR count). The van der Waals surface area contributed by atoms with Gasteiger partial charge in [0.2, 0.25) is 15.9 Å². The number of rotatable bonds is 6. The summed E-state index contributed by atoms with van der Waals surface area (Å²) in [4.78, 5) is 14.3. The van der Waals surface area contributed by atoms with E-state index in [4.69, 9.17) is 0 Å². The van der Waals surface area contributed by atoms with Gasteiger partial charge < -0.3 is 10.2 Å². The van der Waals surface area contributed by atoms with Crippen LogP contribution in [0.5, 0.6) is 0 Å². The quantitative estimate of drug-likeness (QED) is 0.804. The number of carbonyl (C=O) groups is 1.